The molecule has 2 aromatic rings. The lowest BCUT2D eigenvalue weighted by atomic mass is 10.2. The largest absolute Gasteiger partial charge is 0.326 e. The molecular formula is C15H20N4O. The Hall–Kier alpha value is -2.14. The first-order chi connectivity index (χ1) is 9.65. The standard InChI is InChI=1S/C15H20N4O/c1-12(20)18-14-5-3-13(4-6-14)11-16-9-7-15-8-10-17-19(15)2/h3-6,8,10,16H,7,9,11H2,1-2H3,(H,18,20). The van der Waals surface area contributed by atoms with Crippen molar-refractivity contribution in [3.63, 3.8) is 0 Å². The fourth-order valence-corrected chi connectivity index (χ4v) is 2.00. The van der Waals surface area contributed by atoms with E-state index in [9.17, 15) is 4.79 Å². The van der Waals surface area contributed by atoms with Gasteiger partial charge in [-0.2, -0.15) is 5.10 Å². The van der Waals surface area contributed by atoms with E-state index in [4.69, 9.17) is 0 Å². The molecule has 106 valence electrons. The van der Waals surface area contributed by atoms with Crippen LogP contribution >= 0.6 is 0 Å². The highest BCUT2D eigenvalue weighted by Gasteiger charge is 1.99. The number of aromatic nitrogens is 2. The summed E-state index contributed by atoms with van der Waals surface area (Å²) in [7, 11) is 1.95. The first kappa shape index (κ1) is 14.3. The average Bonchev–Trinajstić information content (AvgIpc) is 2.82. The molecule has 5 heteroatoms. The van der Waals surface area contributed by atoms with Gasteiger partial charge in [-0.15, -0.1) is 0 Å². The SMILES string of the molecule is CC(=O)Nc1ccc(CNCCc2ccnn2C)cc1. The van der Waals surface area contributed by atoms with Gasteiger partial charge in [0.15, 0.2) is 0 Å². The highest BCUT2D eigenvalue weighted by atomic mass is 16.1. The number of nitrogens with zero attached hydrogens (tertiary/aromatic N) is 2. The number of aryl methyl sites for hydroxylation is 1. The van der Waals surface area contributed by atoms with E-state index in [2.05, 4.69) is 15.7 Å². The molecule has 0 aliphatic carbocycles. The van der Waals surface area contributed by atoms with Crippen LogP contribution in [-0.2, 0) is 24.8 Å². The molecule has 20 heavy (non-hydrogen) atoms. The van der Waals surface area contributed by atoms with Gasteiger partial charge in [0.25, 0.3) is 0 Å². The highest BCUT2D eigenvalue weighted by molar-refractivity contribution is 5.88. The molecule has 1 aromatic heterocycles. The normalized spacial score (nSPS) is 10.5. The molecule has 0 aliphatic heterocycles. The van der Waals surface area contributed by atoms with E-state index in [0.717, 1.165) is 25.2 Å². The first-order valence-electron chi connectivity index (χ1n) is 6.69. The lowest BCUT2D eigenvalue weighted by molar-refractivity contribution is -0.114. The Balaban J connectivity index is 1.74. The monoisotopic (exact) mass is 272 g/mol. The molecular weight excluding hydrogens is 252 g/mol. The molecule has 1 amide bonds. The summed E-state index contributed by atoms with van der Waals surface area (Å²) in [4.78, 5) is 10.9. The summed E-state index contributed by atoms with van der Waals surface area (Å²) in [5, 5.41) is 10.3. The van der Waals surface area contributed by atoms with E-state index < -0.39 is 0 Å². The van der Waals surface area contributed by atoms with Gasteiger partial charge in [-0.1, -0.05) is 12.1 Å². The summed E-state index contributed by atoms with van der Waals surface area (Å²) in [5.41, 5.74) is 3.25. The second-order valence-corrected chi connectivity index (χ2v) is 4.75. The molecule has 2 rings (SSSR count). The van der Waals surface area contributed by atoms with E-state index in [1.807, 2.05) is 48.3 Å². The molecule has 2 N–H and O–H groups in total. The summed E-state index contributed by atoms with van der Waals surface area (Å²) in [6, 6.07) is 9.90. The third-order valence-corrected chi connectivity index (χ3v) is 3.08. The number of carbonyl (C=O) groups excluding carboxylic acids is 1. The Morgan fingerprint density at radius 3 is 2.60 bits per heavy atom. The van der Waals surface area contributed by atoms with Gasteiger partial charge >= 0.3 is 0 Å². The zero-order valence-electron chi connectivity index (χ0n) is 11.9. The van der Waals surface area contributed by atoms with E-state index >= 15 is 0 Å². The smallest absolute Gasteiger partial charge is 0.221 e. The number of carbonyl (C=O) groups is 1. The predicted molar refractivity (Wildman–Crippen MR) is 79.4 cm³/mol. The maximum Gasteiger partial charge on any atom is 0.221 e. The van der Waals surface area contributed by atoms with Crippen LogP contribution in [0.2, 0.25) is 0 Å². The van der Waals surface area contributed by atoms with E-state index in [0.29, 0.717) is 0 Å². The molecule has 0 fully saturated rings. The number of hydrogen-bond acceptors (Lipinski definition) is 3. The second kappa shape index (κ2) is 6.86. The van der Waals surface area contributed by atoms with Crippen molar-refractivity contribution in [1.29, 1.82) is 0 Å². The summed E-state index contributed by atoms with van der Waals surface area (Å²) in [6.45, 7) is 3.24. The van der Waals surface area contributed by atoms with Gasteiger partial charge in [-0.05, 0) is 23.8 Å². The lowest BCUT2D eigenvalue weighted by Gasteiger charge is -2.07. The number of anilines is 1. The lowest BCUT2D eigenvalue weighted by Crippen LogP contribution is -2.17. The molecule has 0 saturated carbocycles. The molecule has 1 heterocycles. The van der Waals surface area contributed by atoms with Crippen molar-refractivity contribution in [3.8, 4) is 0 Å². The van der Waals surface area contributed by atoms with Crippen molar-refractivity contribution in [3.05, 3.63) is 47.8 Å². The van der Waals surface area contributed by atoms with Crippen LogP contribution in [0.1, 0.15) is 18.2 Å². The van der Waals surface area contributed by atoms with Crippen molar-refractivity contribution in [2.45, 2.75) is 19.9 Å². The van der Waals surface area contributed by atoms with Crippen LogP contribution in [0, 0.1) is 0 Å². The fraction of sp³-hybridized carbons (Fsp3) is 0.333. The zero-order chi connectivity index (χ0) is 14.4. The number of benzene rings is 1. The molecule has 0 spiro atoms. The number of rotatable bonds is 6. The zero-order valence-corrected chi connectivity index (χ0v) is 11.9. The van der Waals surface area contributed by atoms with Crippen molar-refractivity contribution in [1.82, 2.24) is 15.1 Å². The Kier molecular flexibility index (Phi) is 4.90. The molecule has 0 bridgehead atoms. The van der Waals surface area contributed by atoms with Gasteiger partial charge in [-0.25, -0.2) is 0 Å². The minimum Gasteiger partial charge on any atom is -0.326 e. The van der Waals surface area contributed by atoms with Crippen LogP contribution in [-0.4, -0.2) is 22.2 Å². The Morgan fingerprint density at radius 1 is 1.25 bits per heavy atom. The highest BCUT2D eigenvalue weighted by Crippen LogP contribution is 2.09. The van der Waals surface area contributed by atoms with Crippen LogP contribution in [0.4, 0.5) is 5.69 Å². The Labute approximate surface area is 119 Å². The molecule has 1 aromatic carbocycles. The maximum absolute atomic E-state index is 10.9. The Morgan fingerprint density at radius 2 is 2.00 bits per heavy atom. The van der Waals surface area contributed by atoms with Gasteiger partial charge in [0.1, 0.15) is 0 Å². The molecule has 5 nitrogen and oxygen atoms in total. The molecule has 0 atom stereocenters. The molecule has 0 aliphatic rings. The molecule has 0 unspecified atom stereocenters. The van der Waals surface area contributed by atoms with E-state index in [1.165, 1.54) is 18.2 Å². The minimum absolute atomic E-state index is 0.0490. The van der Waals surface area contributed by atoms with Crippen molar-refractivity contribution in [2.24, 2.45) is 7.05 Å². The van der Waals surface area contributed by atoms with Crippen molar-refractivity contribution < 1.29 is 4.79 Å². The fourth-order valence-electron chi connectivity index (χ4n) is 2.00. The summed E-state index contributed by atoms with van der Waals surface area (Å²) in [5.74, 6) is -0.0490. The van der Waals surface area contributed by atoms with Crippen LogP contribution in [0.3, 0.4) is 0 Å². The first-order valence-corrected chi connectivity index (χ1v) is 6.69. The van der Waals surface area contributed by atoms with Crippen molar-refractivity contribution >= 4 is 11.6 Å². The Bertz CT molecular complexity index is 560. The van der Waals surface area contributed by atoms with Crippen LogP contribution in [0.5, 0.6) is 0 Å². The van der Waals surface area contributed by atoms with Crippen LogP contribution < -0.4 is 10.6 Å². The summed E-state index contributed by atoms with van der Waals surface area (Å²) < 4.78 is 1.89. The van der Waals surface area contributed by atoms with Crippen molar-refractivity contribution in [2.75, 3.05) is 11.9 Å². The number of nitrogens with one attached hydrogen (secondary N) is 2. The quantitative estimate of drug-likeness (QED) is 0.787. The third kappa shape index (κ3) is 4.20. The average molecular weight is 272 g/mol. The minimum atomic E-state index is -0.0490. The van der Waals surface area contributed by atoms with E-state index in [1.54, 1.807) is 0 Å². The van der Waals surface area contributed by atoms with Crippen LogP contribution in [0.15, 0.2) is 36.5 Å². The molecule has 0 radical (unpaired) electrons. The van der Waals surface area contributed by atoms with Gasteiger partial charge in [0.2, 0.25) is 5.91 Å². The second-order valence-electron chi connectivity index (χ2n) is 4.75. The topological polar surface area (TPSA) is 59.0 Å². The van der Waals surface area contributed by atoms with Gasteiger partial charge in [-0.3, -0.25) is 9.48 Å². The maximum atomic E-state index is 10.9. The number of hydrogen-bond donors (Lipinski definition) is 2. The van der Waals surface area contributed by atoms with Gasteiger partial charge < -0.3 is 10.6 Å². The van der Waals surface area contributed by atoms with Gasteiger partial charge in [0, 0.05) is 51.1 Å². The summed E-state index contributed by atoms with van der Waals surface area (Å²) in [6.07, 6.45) is 2.77. The van der Waals surface area contributed by atoms with Gasteiger partial charge in [0.05, 0.1) is 0 Å². The summed E-state index contributed by atoms with van der Waals surface area (Å²) >= 11 is 0. The number of amides is 1. The third-order valence-electron chi connectivity index (χ3n) is 3.08. The molecule has 0 saturated heterocycles. The van der Waals surface area contributed by atoms with Crippen LogP contribution in [0.25, 0.3) is 0 Å². The predicted octanol–water partition coefficient (Wildman–Crippen LogP) is 1.71. The van der Waals surface area contributed by atoms with E-state index in [-0.39, 0.29) is 5.91 Å².